The zero-order chi connectivity index (χ0) is 84.5. The zero-order valence-corrected chi connectivity index (χ0v) is 66.2. The third-order valence-electron chi connectivity index (χ3n) is 16.6. The number of aliphatic hydroxyl groups excluding tert-OH is 1. The number of unbranched alkanes of at least 4 members (excludes halogenated alkanes) is 1. The molecule has 46 heteroatoms. The molecular formula is C65H112N24O18S4. The minimum atomic E-state index is -1.98. The Bertz CT molecular complexity index is 3390. The van der Waals surface area contributed by atoms with E-state index in [-0.39, 0.29) is 101 Å². The number of guanidine groups is 2. The van der Waals surface area contributed by atoms with Gasteiger partial charge in [-0.15, -0.1) is 0 Å². The molecule has 624 valence electrons. The van der Waals surface area contributed by atoms with E-state index in [9.17, 15) is 86.9 Å². The first-order valence-electron chi connectivity index (χ1n) is 35.4. The molecule has 16 amide bonds. The molecule has 0 unspecified atom stereocenters. The maximum absolute atomic E-state index is 14.5. The third kappa shape index (κ3) is 37.3. The van der Waals surface area contributed by atoms with Gasteiger partial charge in [-0.25, -0.2) is 0 Å². The van der Waals surface area contributed by atoms with Crippen LogP contribution in [0.3, 0.4) is 0 Å². The van der Waals surface area contributed by atoms with Crippen molar-refractivity contribution in [2.45, 2.75) is 203 Å². The molecule has 1 aromatic carbocycles. The quantitative estimate of drug-likeness (QED) is 0.0125. The zero-order valence-electron chi connectivity index (χ0n) is 62.7. The van der Waals surface area contributed by atoms with Gasteiger partial charge in [-0.3, -0.25) is 86.7 Å². The molecule has 0 aromatic heterocycles. The number of hydrogen-bond acceptors (Lipinski definition) is 26. The summed E-state index contributed by atoms with van der Waals surface area (Å²) in [6.07, 6.45) is -2.97. The van der Waals surface area contributed by atoms with Crippen LogP contribution in [0.5, 0.6) is 5.75 Å². The summed E-state index contributed by atoms with van der Waals surface area (Å²) in [6, 6.07) is -16.1. The summed E-state index contributed by atoms with van der Waals surface area (Å²) >= 11 is 16.9. The van der Waals surface area contributed by atoms with Crippen molar-refractivity contribution in [3.05, 3.63) is 29.8 Å². The number of nitrogens with zero attached hydrogens (tertiary/aromatic N) is 2. The molecule has 33 N–H and O–H groups in total. The van der Waals surface area contributed by atoms with E-state index in [0.717, 1.165) is 0 Å². The number of aliphatic imine (C=N–C) groups is 2. The van der Waals surface area contributed by atoms with E-state index in [1.54, 1.807) is 27.7 Å². The Morgan fingerprint density at radius 2 is 0.712 bits per heavy atom. The molecule has 0 heterocycles. The summed E-state index contributed by atoms with van der Waals surface area (Å²) in [5.41, 5.74) is 50.0. The van der Waals surface area contributed by atoms with Crippen LogP contribution in [0.1, 0.15) is 111 Å². The van der Waals surface area contributed by atoms with E-state index >= 15 is 0 Å². The summed E-state index contributed by atoms with van der Waals surface area (Å²) in [5, 5.41) is 51.9. The van der Waals surface area contributed by atoms with Crippen LogP contribution in [0, 0.1) is 11.8 Å². The molecule has 0 radical (unpaired) electrons. The van der Waals surface area contributed by atoms with Gasteiger partial charge in [0.2, 0.25) is 94.5 Å². The molecule has 0 aliphatic carbocycles. The Hall–Kier alpha value is -9.64. The molecule has 0 aliphatic rings. The Kier molecular flexibility index (Phi) is 46.3. The molecule has 0 fully saturated rings. The van der Waals surface area contributed by atoms with Crippen LogP contribution in [0.4, 0.5) is 0 Å². The molecule has 0 bridgehead atoms. The molecule has 16 atom stereocenters. The molecule has 0 aliphatic heterocycles. The average molecular weight is 1650 g/mol. The van der Waals surface area contributed by atoms with Crippen LogP contribution in [0.15, 0.2) is 34.3 Å². The number of carbonyl (C=O) groups excluding carboxylic acids is 16. The second-order valence-electron chi connectivity index (χ2n) is 26.3. The summed E-state index contributed by atoms with van der Waals surface area (Å²) < 4.78 is 0. The topological polar surface area (TPSA) is 729 Å². The van der Waals surface area contributed by atoms with Gasteiger partial charge in [0.05, 0.1) is 25.0 Å². The predicted molar refractivity (Wildman–Crippen MR) is 421 cm³/mol. The molecule has 111 heavy (non-hydrogen) atoms. The van der Waals surface area contributed by atoms with E-state index in [1.807, 2.05) is 0 Å². The van der Waals surface area contributed by atoms with Crippen LogP contribution in [0.2, 0.25) is 0 Å². The number of aliphatic hydroxyl groups is 1. The number of thiol groups is 4. The van der Waals surface area contributed by atoms with E-state index in [4.69, 9.17) is 51.6 Å². The monoisotopic (exact) mass is 1640 g/mol. The van der Waals surface area contributed by atoms with Crippen LogP contribution in [-0.4, -0.2) is 250 Å². The lowest BCUT2D eigenvalue weighted by Crippen LogP contribution is -2.62. The number of aromatic hydroxyl groups is 1. The lowest BCUT2D eigenvalue weighted by Gasteiger charge is -2.30. The average Bonchev–Trinajstić information content (AvgIpc) is 0.853. The van der Waals surface area contributed by atoms with Crippen molar-refractivity contribution in [2.24, 2.45) is 73.4 Å². The minimum Gasteiger partial charge on any atom is -0.508 e. The van der Waals surface area contributed by atoms with Gasteiger partial charge < -0.3 is 131 Å². The van der Waals surface area contributed by atoms with Crippen molar-refractivity contribution in [2.75, 3.05) is 42.6 Å². The second-order valence-corrected chi connectivity index (χ2v) is 27.7. The third-order valence-corrected chi connectivity index (χ3v) is 18.1. The summed E-state index contributed by atoms with van der Waals surface area (Å²) in [6.45, 7) is 9.13. The van der Waals surface area contributed by atoms with Gasteiger partial charge in [0.15, 0.2) is 11.9 Å². The van der Waals surface area contributed by atoms with Crippen LogP contribution >= 0.6 is 50.5 Å². The number of nitrogens with two attached hydrogens (primary N) is 9. The highest BCUT2D eigenvalue weighted by molar-refractivity contribution is 7.80. The summed E-state index contributed by atoms with van der Waals surface area (Å²) in [4.78, 5) is 226. The largest absolute Gasteiger partial charge is 0.508 e. The molecule has 1 aromatic rings. The van der Waals surface area contributed by atoms with Gasteiger partial charge in [-0.05, 0) is 94.9 Å². The lowest BCUT2D eigenvalue weighted by atomic mass is 9.97. The molecular weight excluding hydrogens is 1530 g/mol. The first-order valence-corrected chi connectivity index (χ1v) is 37.9. The van der Waals surface area contributed by atoms with Gasteiger partial charge in [-0.2, -0.15) is 50.5 Å². The summed E-state index contributed by atoms with van der Waals surface area (Å²) in [7, 11) is 0. The first-order chi connectivity index (χ1) is 52.1. The van der Waals surface area contributed by atoms with Crippen LogP contribution in [0.25, 0.3) is 0 Å². The van der Waals surface area contributed by atoms with Gasteiger partial charge >= 0.3 is 0 Å². The fourth-order valence-electron chi connectivity index (χ4n) is 10.1. The van der Waals surface area contributed by atoms with Gasteiger partial charge in [0, 0.05) is 42.5 Å². The van der Waals surface area contributed by atoms with E-state index in [1.165, 1.54) is 38.1 Å². The predicted octanol–water partition coefficient (Wildman–Crippen LogP) is -10.1. The van der Waals surface area contributed by atoms with Crippen molar-refractivity contribution < 1.29 is 86.9 Å². The van der Waals surface area contributed by atoms with E-state index < -0.39 is 227 Å². The molecule has 0 saturated carbocycles. The Balaban J connectivity index is 3.54. The number of hydrogen-bond donors (Lipinski definition) is 28. The molecule has 42 nitrogen and oxygen atoms in total. The van der Waals surface area contributed by atoms with Crippen molar-refractivity contribution in [3.63, 3.8) is 0 Å². The number of benzene rings is 1. The smallest absolute Gasteiger partial charge is 0.245 e. The van der Waals surface area contributed by atoms with E-state index in [2.05, 4.69) is 130 Å². The normalized spacial score (nSPS) is 15.4. The maximum Gasteiger partial charge on any atom is 0.245 e. The van der Waals surface area contributed by atoms with Crippen molar-refractivity contribution in [1.29, 1.82) is 0 Å². The highest BCUT2D eigenvalue weighted by atomic mass is 32.1. The number of rotatable bonds is 53. The van der Waals surface area contributed by atoms with Gasteiger partial charge in [0.25, 0.3) is 0 Å². The number of carbonyl (C=O) groups is 16. The minimum absolute atomic E-state index is 0.0190. The van der Waals surface area contributed by atoms with Crippen LogP contribution < -0.4 is 121 Å². The molecule has 0 spiro atoms. The van der Waals surface area contributed by atoms with Crippen LogP contribution in [-0.2, 0) is 83.1 Å². The number of phenols is 1. The summed E-state index contributed by atoms with van der Waals surface area (Å²) in [5.74, 6) is -20.2. The van der Waals surface area contributed by atoms with Crippen molar-refractivity contribution in [3.8, 4) is 5.75 Å². The molecule has 0 saturated heterocycles. The SMILES string of the molecule is CC[C@H](C)[C@H](NC(=O)[C@H](CCCCN)NC(=O)[C@H](CC(N)=O)NC(=O)[C@H](CC(N)=O)NC(=O)[C@H](CS)NC(=O)[C@H](Cc1ccc(O)cc1)NC(=O)[C@H](CS)NC(=O)[C@@H](NC(=O)[C@H](C)N)[C@@H](C)O)C(=O)N[C@@H](CS)C(=O)N[C@H](C(=O)N[C@@H](CS)C(=O)N[C@@H](CCCN=C(N)N)C(=O)N[C@@H](CCCN=C(N)N)C(N)=O)C(C)C. The van der Waals surface area contributed by atoms with Gasteiger partial charge in [0.1, 0.15) is 84.3 Å². The van der Waals surface area contributed by atoms with Crippen molar-refractivity contribution >= 4 is 157 Å². The van der Waals surface area contributed by atoms with Gasteiger partial charge in [-0.1, -0.05) is 46.2 Å². The maximum atomic E-state index is 14.5. The number of primary amides is 3. The second kappa shape index (κ2) is 51.8. The van der Waals surface area contributed by atoms with E-state index in [0.29, 0.717) is 5.56 Å². The first kappa shape index (κ1) is 99.4. The number of nitrogens with one attached hydrogen (secondary N) is 13. The fourth-order valence-corrected chi connectivity index (χ4v) is 11.2. The lowest BCUT2D eigenvalue weighted by molar-refractivity contribution is -0.137. The Labute approximate surface area is 664 Å². The number of amides is 16. The Morgan fingerprint density at radius 3 is 1.09 bits per heavy atom. The highest BCUT2D eigenvalue weighted by Crippen LogP contribution is 2.16. The standard InChI is InChI=1S/C65H112N24O18S4/c1-7-30(4)48(62(106)85-44(28-111)60(104)87-47(29(2)3)61(105)84-42(26-109)57(101)79-37(14-11-21-76-65(73)74)52(96)77-35(50(70)94)13-10-20-75-64(71)72)88-53(97)36(12-8-9-19-66)78-55(99)39(23-45(68)92)81-56(100)40(24-46(69)93)82-58(102)41(25-108)83-54(98)38(22-33-15-17-34(91)18-16-33)80-59(103)43(27-110)86-63(107)49(32(6)90)89-51(95)31(5)67/h15-18,29-32,35-44,47-49,90-91,108-111H,7-14,19-28,66-67H2,1-6H3,(H2,68,92)(H2,69,93)(H2,70,94)(H,77,96)(H,78,99)(H,79,101)(H,80,103)(H,81,100)(H,82,102)(H,83,98)(H,84,105)(H,85,106)(H,86,107)(H,87,104)(H,88,97)(H,89,95)(H4,71,72,75)(H4,73,74,76)/t30-,31-,32+,35-,36-,37-,38-,39-,40-,41-,42-,43-,44-,47-,48-,49-/m0/s1. The number of phenolic OH excluding ortho intramolecular Hbond substituents is 1. The van der Waals surface area contributed by atoms with Crippen molar-refractivity contribution in [1.82, 2.24) is 69.1 Å². The molecule has 1 rings (SSSR count). The fraction of sp³-hybridized carbons (Fsp3) is 0.631. The Morgan fingerprint density at radius 1 is 0.396 bits per heavy atom. The highest BCUT2D eigenvalue weighted by Gasteiger charge is 2.39.